The van der Waals surface area contributed by atoms with Gasteiger partial charge in [0.05, 0.1) is 18.2 Å². The van der Waals surface area contributed by atoms with Crippen LogP contribution in [0.5, 0.6) is 5.75 Å². The maximum atomic E-state index is 12.9. The van der Waals surface area contributed by atoms with Crippen molar-refractivity contribution in [1.29, 1.82) is 0 Å². The first kappa shape index (κ1) is 16.7. The van der Waals surface area contributed by atoms with E-state index in [1.165, 1.54) is 0 Å². The molecule has 1 aromatic rings. The predicted octanol–water partition coefficient (Wildman–Crippen LogP) is 2.49. The molecule has 3 aliphatic heterocycles. The van der Waals surface area contributed by atoms with Crippen molar-refractivity contribution in [2.45, 2.75) is 43.9 Å². The molecule has 3 aliphatic rings. The quantitative estimate of drug-likeness (QED) is 0.890. The molecule has 2 amide bonds. The van der Waals surface area contributed by atoms with Gasteiger partial charge < -0.3 is 24.4 Å². The zero-order valence-electron chi connectivity index (χ0n) is 14.5. The van der Waals surface area contributed by atoms with Crippen molar-refractivity contribution in [1.82, 2.24) is 10.2 Å². The third kappa shape index (κ3) is 3.90. The summed E-state index contributed by atoms with van der Waals surface area (Å²) >= 11 is 0. The van der Waals surface area contributed by atoms with Gasteiger partial charge in [-0.15, -0.1) is 0 Å². The molecule has 0 aromatic heterocycles. The van der Waals surface area contributed by atoms with Crippen molar-refractivity contribution in [3.8, 4) is 5.75 Å². The number of carbonyl (C=O) groups is 1. The highest BCUT2D eigenvalue weighted by Gasteiger charge is 2.30. The van der Waals surface area contributed by atoms with Gasteiger partial charge in [-0.2, -0.15) is 0 Å². The van der Waals surface area contributed by atoms with Gasteiger partial charge in [-0.25, -0.2) is 4.79 Å². The van der Waals surface area contributed by atoms with Crippen LogP contribution in [-0.2, 0) is 9.47 Å². The molecule has 0 unspecified atom stereocenters. The third-order valence-corrected chi connectivity index (χ3v) is 5.18. The number of hydrogen-bond acceptors (Lipinski definition) is 4. The molecular formula is C19H26N2O4. The van der Waals surface area contributed by atoms with Gasteiger partial charge in [0.1, 0.15) is 12.4 Å². The lowest BCUT2D eigenvalue weighted by Gasteiger charge is -2.29. The smallest absolute Gasteiger partial charge is 0.318 e. The summed E-state index contributed by atoms with van der Waals surface area (Å²) < 4.78 is 17.2. The first-order chi connectivity index (χ1) is 12.3. The lowest BCUT2D eigenvalue weighted by Crippen LogP contribution is -2.48. The van der Waals surface area contributed by atoms with E-state index in [0.717, 1.165) is 50.2 Å². The van der Waals surface area contributed by atoms with Crippen LogP contribution in [-0.4, -0.2) is 56.0 Å². The molecule has 2 saturated heterocycles. The second-order valence-electron chi connectivity index (χ2n) is 7.03. The number of nitrogens with zero attached hydrogens (tertiary/aromatic N) is 1. The number of para-hydroxylation sites is 1. The zero-order chi connectivity index (χ0) is 17.1. The van der Waals surface area contributed by atoms with Gasteiger partial charge >= 0.3 is 6.03 Å². The average Bonchev–Trinajstić information content (AvgIpc) is 3.37. The zero-order valence-corrected chi connectivity index (χ0v) is 14.5. The Morgan fingerprint density at radius 3 is 2.40 bits per heavy atom. The Hall–Kier alpha value is -1.79. The molecule has 1 N–H and O–H groups in total. The van der Waals surface area contributed by atoms with E-state index < -0.39 is 0 Å². The van der Waals surface area contributed by atoms with E-state index in [4.69, 9.17) is 14.2 Å². The Morgan fingerprint density at radius 2 is 1.76 bits per heavy atom. The first-order valence-electron chi connectivity index (χ1n) is 9.30. The van der Waals surface area contributed by atoms with Gasteiger partial charge in [0.2, 0.25) is 0 Å². The van der Waals surface area contributed by atoms with Crippen molar-refractivity contribution in [3.05, 3.63) is 29.8 Å². The molecule has 6 heteroatoms. The molecule has 6 nitrogen and oxygen atoms in total. The van der Waals surface area contributed by atoms with Gasteiger partial charge in [0, 0.05) is 31.9 Å². The maximum Gasteiger partial charge on any atom is 0.318 e. The highest BCUT2D eigenvalue weighted by molar-refractivity contribution is 5.75. The van der Waals surface area contributed by atoms with E-state index in [9.17, 15) is 4.79 Å². The molecule has 4 rings (SSSR count). The number of rotatable bonds is 5. The molecule has 0 spiro atoms. The molecule has 25 heavy (non-hydrogen) atoms. The van der Waals surface area contributed by atoms with E-state index >= 15 is 0 Å². The third-order valence-electron chi connectivity index (χ3n) is 5.18. The summed E-state index contributed by atoms with van der Waals surface area (Å²) in [5.74, 6) is 0.859. The number of ether oxygens (including phenoxy) is 3. The highest BCUT2D eigenvalue weighted by Crippen LogP contribution is 2.31. The molecule has 0 saturated carbocycles. The van der Waals surface area contributed by atoms with Crippen molar-refractivity contribution in [3.63, 3.8) is 0 Å². The van der Waals surface area contributed by atoms with Gasteiger partial charge in [-0.3, -0.25) is 0 Å². The number of nitrogens with one attached hydrogen (secondary N) is 1. The Morgan fingerprint density at radius 1 is 1.08 bits per heavy atom. The number of urea groups is 1. The number of benzene rings is 1. The van der Waals surface area contributed by atoms with Crippen LogP contribution in [0.25, 0.3) is 0 Å². The molecule has 0 bridgehead atoms. The molecule has 1 aromatic carbocycles. The summed E-state index contributed by atoms with van der Waals surface area (Å²) in [5.41, 5.74) is 1.05. The topological polar surface area (TPSA) is 60.0 Å². The van der Waals surface area contributed by atoms with Gasteiger partial charge in [0.15, 0.2) is 0 Å². The molecule has 3 atom stereocenters. The van der Waals surface area contributed by atoms with E-state index in [-0.39, 0.29) is 24.3 Å². The molecule has 3 heterocycles. The minimum absolute atomic E-state index is 0.0590. The van der Waals surface area contributed by atoms with Crippen LogP contribution in [0, 0.1) is 0 Å². The van der Waals surface area contributed by atoms with Gasteiger partial charge in [-0.1, -0.05) is 18.2 Å². The Balaban J connectivity index is 1.41. The van der Waals surface area contributed by atoms with E-state index in [2.05, 4.69) is 5.32 Å². The lowest BCUT2D eigenvalue weighted by atomic mass is 10.1. The van der Waals surface area contributed by atoms with Gasteiger partial charge in [0.25, 0.3) is 0 Å². The van der Waals surface area contributed by atoms with Crippen LogP contribution in [0.15, 0.2) is 24.3 Å². The van der Waals surface area contributed by atoms with E-state index in [1.54, 1.807) is 0 Å². The second-order valence-corrected chi connectivity index (χ2v) is 7.03. The fraction of sp³-hybridized carbons (Fsp3) is 0.632. The molecular weight excluding hydrogens is 320 g/mol. The summed E-state index contributed by atoms with van der Waals surface area (Å²) in [5, 5.41) is 3.13. The van der Waals surface area contributed by atoms with Crippen molar-refractivity contribution in [2.24, 2.45) is 0 Å². The summed E-state index contributed by atoms with van der Waals surface area (Å²) in [4.78, 5) is 14.8. The molecule has 0 radical (unpaired) electrons. The Bertz CT molecular complexity index is 579. The van der Waals surface area contributed by atoms with Crippen LogP contribution >= 0.6 is 0 Å². The van der Waals surface area contributed by atoms with Crippen LogP contribution in [0.3, 0.4) is 0 Å². The average molecular weight is 346 g/mol. The Labute approximate surface area is 148 Å². The highest BCUT2D eigenvalue weighted by atomic mass is 16.5. The molecule has 2 fully saturated rings. The summed E-state index contributed by atoms with van der Waals surface area (Å²) in [6.45, 7) is 3.33. The van der Waals surface area contributed by atoms with Crippen LogP contribution in [0.4, 0.5) is 4.79 Å². The number of hydrogen-bond donors (Lipinski definition) is 1. The molecule has 0 aliphatic carbocycles. The SMILES string of the molecule is O=C(N[C@H]1COc2ccccc21)N(C[C@@H]1CCCO1)C[C@@H]1CCCO1. The fourth-order valence-electron chi connectivity index (χ4n) is 3.83. The maximum absolute atomic E-state index is 12.9. The van der Waals surface area contributed by atoms with Crippen LogP contribution in [0.2, 0.25) is 0 Å². The van der Waals surface area contributed by atoms with Crippen molar-refractivity contribution >= 4 is 6.03 Å². The van der Waals surface area contributed by atoms with Crippen LogP contribution < -0.4 is 10.1 Å². The fourth-order valence-corrected chi connectivity index (χ4v) is 3.83. The predicted molar refractivity (Wildman–Crippen MR) is 92.7 cm³/mol. The Kier molecular flexibility index (Phi) is 5.08. The van der Waals surface area contributed by atoms with E-state index in [1.807, 2.05) is 29.2 Å². The standard InChI is InChI=1S/C19H26N2O4/c22-19(20-17-13-25-18-8-2-1-7-16(17)18)21(11-14-5-3-9-23-14)12-15-6-4-10-24-15/h1-2,7-8,14-15,17H,3-6,9-13H2,(H,20,22)/t14-,15-,17-/m0/s1. The second kappa shape index (κ2) is 7.62. The number of amides is 2. The summed E-state index contributed by atoms with van der Waals surface area (Å²) in [7, 11) is 0. The largest absolute Gasteiger partial charge is 0.491 e. The first-order valence-corrected chi connectivity index (χ1v) is 9.30. The van der Waals surface area contributed by atoms with E-state index in [0.29, 0.717) is 19.7 Å². The minimum Gasteiger partial charge on any atom is -0.491 e. The summed E-state index contributed by atoms with van der Waals surface area (Å²) in [6.07, 6.45) is 4.46. The number of fused-ring (bicyclic) bond motifs is 1. The monoisotopic (exact) mass is 346 g/mol. The molecule has 136 valence electrons. The van der Waals surface area contributed by atoms with Crippen molar-refractivity contribution < 1.29 is 19.0 Å². The number of carbonyl (C=O) groups excluding carboxylic acids is 1. The van der Waals surface area contributed by atoms with Crippen LogP contribution in [0.1, 0.15) is 37.3 Å². The lowest BCUT2D eigenvalue weighted by molar-refractivity contribution is 0.0491. The summed E-state index contributed by atoms with van der Waals surface area (Å²) in [6, 6.07) is 7.72. The van der Waals surface area contributed by atoms with Gasteiger partial charge in [-0.05, 0) is 31.7 Å². The normalized spacial score (nSPS) is 27.8. The minimum atomic E-state index is -0.0970. The van der Waals surface area contributed by atoms with Crippen molar-refractivity contribution in [2.75, 3.05) is 32.9 Å².